The van der Waals surface area contributed by atoms with Crippen molar-refractivity contribution >= 4 is 5.97 Å². The van der Waals surface area contributed by atoms with Crippen LogP contribution in [-0.2, 0) is 4.79 Å². The summed E-state index contributed by atoms with van der Waals surface area (Å²) in [6, 6.07) is 0.722. The lowest BCUT2D eigenvalue weighted by atomic mass is 9.89. The monoisotopic (exact) mass is 193 g/mol. The van der Waals surface area contributed by atoms with Gasteiger partial charge in [0.25, 0.3) is 0 Å². The fourth-order valence-corrected chi connectivity index (χ4v) is 2.78. The predicted octanol–water partition coefficient (Wildman–Crippen LogP) is 0.947. The fraction of sp³-hybridized carbons (Fsp3) is 0.727. The molecule has 2 heterocycles. The van der Waals surface area contributed by atoms with Crippen molar-refractivity contribution < 1.29 is 9.90 Å². The molecule has 3 atom stereocenters. The molecule has 2 fully saturated rings. The van der Waals surface area contributed by atoms with Crippen LogP contribution in [0.25, 0.3) is 0 Å². The van der Waals surface area contributed by atoms with E-state index in [1.807, 2.05) is 6.92 Å². The largest absolute Gasteiger partial charge is 0.481 e. The first-order valence-electron chi connectivity index (χ1n) is 5.12. The first-order chi connectivity index (χ1) is 6.74. The van der Waals surface area contributed by atoms with E-state index >= 15 is 0 Å². The Morgan fingerprint density at radius 1 is 1.57 bits per heavy atom. The molecule has 3 unspecified atom stereocenters. The van der Waals surface area contributed by atoms with Crippen molar-refractivity contribution in [1.82, 2.24) is 4.90 Å². The molecule has 0 amide bonds. The van der Waals surface area contributed by atoms with E-state index < -0.39 is 5.97 Å². The van der Waals surface area contributed by atoms with Crippen LogP contribution in [0.4, 0.5) is 0 Å². The lowest BCUT2D eigenvalue weighted by molar-refractivity contribution is -0.142. The smallest absolute Gasteiger partial charge is 0.308 e. The van der Waals surface area contributed by atoms with Gasteiger partial charge in [0, 0.05) is 12.1 Å². The molecule has 2 rings (SSSR count). The normalized spacial score (nSPS) is 35.4. The zero-order chi connectivity index (χ0) is 10.1. The van der Waals surface area contributed by atoms with Crippen LogP contribution >= 0.6 is 0 Å². The number of rotatable bonds is 2. The van der Waals surface area contributed by atoms with Crippen LogP contribution in [0.3, 0.4) is 0 Å². The van der Waals surface area contributed by atoms with E-state index in [-0.39, 0.29) is 12.0 Å². The number of carboxylic acid groups (broad SMARTS) is 1. The molecule has 2 saturated heterocycles. The summed E-state index contributed by atoms with van der Waals surface area (Å²) in [7, 11) is 0. The Labute approximate surface area is 84.1 Å². The van der Waals surface area contributed by atoms with Gasteiger partial charge in [0.15, 0.2) is 0 Å². The summed E-state index contributed by atoms with van der Waals surface area (Å²) < 4.78 is 0. The van der Waals surface area contributed by atoms with Crippen molar-refractivity contribution in [3.63, 3.8) is 0 Å². The third-order valence-corrected chi connectivity index (χ3v) is 3.44. The second kappa shape index (κ2) is 3.62. The standard InChI is InChI=1S/C11H15NO2/c1-2-3-6-12-8-4-5-10(12)9(7-8)11(13)14/h8-10H,4-7H2,1H3,(H,13,14). The summed E-state index contributed by atoms with van der Waals surface area (Å²) in [4.78, 5) is 13.2. The van der Waals surface area contributed by atoms with Gasteiger partial charge in [-0.25, -0.2) is 0 Å². The molecule has 3 heteroatoms. The van der Waals surface area contributed by atoms with E-state index in [1.54, 1.807) is 0 Å². The molecule has 3 nitrogen and oxygen atoms in total. The Morgan fingerprint density at radius 2 is 2.36 bits per heavy atom. The zero-order valence-corrected chi connectivity index (χ0v) is 8.36. The average molecular weight is 193 g/mol. The summed E-state index contributed by atoms with van der Waals surface area (Å²) in [5, 5.41) is 9.02. The zero-order valence-electron chi connectivity index (χ0n) is 8.36. The maximum atomic E-state index is 10.9. The van der Waals surface area contributed by atoms with Crippen molar-refractivity contribution in [2.75, 3.05) is 6.54 Å². The van der Waals surface area contributed by atoms with E-state index in [4.69, 9.17) is 5.11 Å². The molecule has 0 aromatic heterocycles. The lowest BCUT2D eigenvalue weighted by Gasteiger charge is -2.19. The highest BCUT2D eigenvalue weighted by molar-refractivity contribution is 5.71. The van der Waals surface area contributed by atoms with Crippen molar-refractivity contribution in [3.8, 4) is 11.8 Å². The molecule has 1 N–H and O–H groups in total. The van der Waals surface area contributed by atoms with Gasteiger partial charge >= 0.3 is 5.97 Å². The van der Waals surface area contributed by atoms with E-state index in [1.165, 1.54) is 0 Å². The van der Waals surface area contributed by atoms with Gasteiger partial charge in [-0.3, -0.25) is 9.69 Å². The topological polar surface area (TPSA) is 40.5 Å². The van der Waals surface area contributed by atoms with Crippen LogP contribution < -0.4 is 0 Å². The highest BCUT2D eigenvalue weighted by Gasteiger charge is 2.48. The number of nitrogens with zero attached hydrogens (tertiary/aromatic N) is 1. The summed E-state index contributed by atoms with van der Waals surface area (Å²) in [6.45, 7) is 2.57. The third kappa shape index (κ3) is 1.40. The van der Waals surface area contributed by atoms with Gasteiger partial charge in [-0.05, 0) is 26.2 Å². The van der Waals surface area contributed by atoms with Crippen LogP contribution in [0.2, 0.25) is 0 Å². The third-order valence-electron chi connectivity index (χ3n) is 3.44. The highest BCUT2D eigenvalue weighted by atomic mass is 16.4. The molecular weight excluding hydrogens is 178 g/mol. The minimum atomic E-state index is -0.633. The van der Waals surface area contributed by atoms with E-state index in [2.05, 4.69) is 16.7 Å². The van der Waals surface area contributed by atoms with Crippen LogP contribution in [-0.4, -0.2) is 34.6 Å². The second-order valence-corrected chi connectivity index (χ2v) is 4.08. The maximum absolute atomic E-state index is 10.9. The van der Waals surface area contributed by atoms with E-state index in [9.17, 15) is 4.79 Å². The highest BCUT2D eigenvalue weighted by Crippen LogP contribution is 2.41. The maximum Gasteiger partial charge on any atom is 0.308 e. The van der Waals surface area contributed by atoms with Gasteiger partial charge in [0.2, 0.25) is 0 Å². The molecule has 14 heavy (non-hydrogen) atoms. The molecule has 0 aromatic carbocycles. The van der Waals surface area contributed by atoms with Crippen molar-refractivity contribution in [2.24, 2.45) is 5.92 Å². The van der Waals surface area contributed by atoms with E-state index in [0.717, 1.165) is 25.8 Å². The SMILES string of the molecule is CC#CCN1C2CCC1C(C(=O)O)C2. The average Bonchev–Trinajstić information content (AvgIpc) is 2.71. The Balaban J connectivity index is 2.06. The summed E-state index contributed by atoms with van der Waals surface area (Å²) in [6.07, 6.45) is 3.01. The van der Waals surface area contributed by atoms with Crippen molar-refractivity contribution in [1.29, 1.82) is 0 Å². The Morgan fingerprint density at radius 3 is 2.93 bits per heavy atom. The Hall–Kier alpha value is -1.01. The van der Waals surface area contributed by atoms with Gasteiger partial charge in [0.1, 0.15) is 0 Å². The number of hydrogen-bond donors (Lipinski definition) is 1. The molecular formula is C11H15NO2. The summed E-state index contributed by atoms with van der Waals surface area (Å²) >= 11 is 0. The molecule has 0 aromatic rings. The molecule has 76 valence electrons. The quantitative estimate of drug-likeness (QED) is 0.664. The fourth-order valence-electron chi connectivity index (χ4n) is 2.78. The number of carbonyl (C=O) groups is 1. The van der Waals surface area contributed by atoms with Crippen molar-refractivity contribution in [3.05, 3.63) is 0 Å². The molecule has 0 saturated carbocycles. The Kier molecular flexibility index (Phi) is 2.47. The Bertz CT molecular complexity index is 302. The molecule has 2 aliphatic heterocycles. The van der Waals surface area contributed by atoms with Gasteiger partial charge in [-0.15, -0.1) is 5.92 Å². The van der Waals surface area contributed by atoms with Crippen LogP contribution in [0, 0.1) is 17.8 Å². The minimum absolute atomic E-state index is 0.146. The molecule has 0 radical (unpaired) electrons. The molecule has 2 bridgehead atoms. The molecule has 0 aliphatic carbocycles. The molecule has 0 spiro atoms. The number of hydrogen-bond acceptors (Lipinski definition) is 2. The molecule has 2 aliphatic rings. The van der Waals surface area contributed by atoms with Gasteiger partial charge in [0.05, 0.1) is 12.5 Å². The van der Waals surface area contributed by atoms with Crippen LogP contribution in [0.1, 0.15) is 26.2 Å². The van der Waals surface area contributed by atoms with Gasteiger partial charge in [-0.2, -0.15) is 0 Å². The van der Waals surface area contributed by atoms with E-state index in [0.29, 0.717) is 6.04 Å². The van der Waals surface area contributed by atoms with Crippen molar-refractivity contribution in [2.45, 2.75) is 38.3 Å². The predicted molar refractivity (Wildman–Crippen MR) is 52.7 cm³/mol. The number of aliphatic carboxylic acids is 1. The number of fused-ring (bicyclic) bond motifs is 2. The first-order valence-corrected chi connectivity index (χ1v) is 5.12. The second-order valence-electron chi connectivity index (χ2n) is 4.08. The van der Waals surface area contributed by atoms with Gasteiger partial charge in [-0.1, -0.05) is 5.92 Å². The first kappa shape index (κ1) is 9.54. The van der Waals surface area contributed by atoms with Crippen LogP contribution in [0.5, 0.6) is 0 Å². The van der Waals surface area contributed by atoms with Crippen LogP contribution in [0.15, 0.2) is 0 Å². The summed E-state index contributed by atoms with van der Waals surface area (Å²) in [5.74, 6) is 5.12. The minimum Gasteiger partial charge on any atom is -0.481 e. The van der Waals surface area contributed by atoms with Gasteiger partial charge < -0.3 is 5.11 Å². The summed E-state index contributed by atoms with van der Waals surface area (Å²) in [5.41, 5.74) is 0. The number of carboxylic acids is 1. The lowest BCUT2D eigenvalue weighted by Crippen LogP contribution is -2.33.